The molecular weight excluding hydrogens is 286 g/mol. The Balaban J connectivity index is 1.79. The number of hydrogen-bond acceptors (Lipinski definition) is 5. The van der Waals surface area contributed by atoms with E-state index in [1.165, 1.54) is 37.0 Å². The largest absolute Gasteiger partial charge is 0.271 e. The van der Waals surface area contributed by atoms with E-state index in [0.717, 1.165) is 17.1 Å². The number of thiazole rings is 1. The second-order valence-corrected chi connectivity index (χ2v) is 7.57. The first-order chi connectivity index (χ1) is 9.76. The first kappa shape index (κ1) is 14.2. The van der Waals surface area contributed by atoms with Crippen LogP contribution in [0, 0.1) is 6.92 Å². The van der Waals surface area contributed by atoms with Crippen LogP contribution >= 0.6 is 22.7 Å². The van der Waals surface area contributed by atoms with Crippen LogP contribution in [0.5, 0.6) is 0 Å². The molecule has 0 saturated carbocycles. The number of aryl methyl sites for hydroxylation is 3. The van der Waals surface area contributed by atoms with Crippen molar-refractivity contribution in [2.75, 3.05) is 0 Å². The van der Waals surface area contributed by atoms with Gasteiger partial charge in [-0.3, -0.25) is 11.3 Å². The summed E-state index contributed by atoms with van der Waals surface area (Å²) in [5.41, 5.74) is 5.63. The number of thiophene rings is 1. The van der Waals surface area contributed by atoms with Crippen molar-refractivity contribution in [3.63, 3.8) is 0 Å². The second kappa shape index (κ2) is 6.35. The van der Waals surface area contributed by atoms with E-state index in [0.29, 0.717) is 0 Å². The molecular formula is C15H21N3S2. The van der Waals surface area contributed by atoms with E-state index in [2.05, 4.69) is 21.9 Å². The van der Waals surface area contributed by atoms with E-state index < -0.39 is 0 Å². The molecule has 2 heterocycles. The summed E-state index contributed by atoms with van der Waals surface area (Å²) in [4.78, 5) is 7.49. The van der Waals surface area contributed by atoms with Crippen LogP contribution in [-0.2, 0) is 19.3 Å². The van der Waals surface area contributed by atoms with Crippen molar-refractivity contribution >= 4 is 22.7 Å². The molecule has 3 nitrogen and oxygen atoms in total. The van der Waals surface area contributed by atoms with E-state index in [1.54, 1.807) is 21.8 Å². The Morgan fingerprint density at radius 2 is 2.20 bits per heavy atom. The van der Waals surface area contributed by atoms with Crippen LogP contribution in [0.25, 0.3) is 0 Å². The zero-order chi connectivity index (χ0) is 13.9. The average molecular weight is 307 g/mol. The molecule has 0 saturated heterocycles. The van der Waals surface area contributed by atoms with Crippen molar-refractivity contribution in [3.8, 4) is 0 Å². The first-order valence-corrected chi connectivity index (χ1v) is 8.94. The van der Waals surface area contributed by atoms with E-state index in [9.17, 15) is 0 Å². The van der Waals surface area contributed by atoms with Gasteiger partial charge in [0.2, 0.25) is 0 Å². The molecule has 1 atom stereocenters. The number of fused-ring (bicyclic) bond motifs is 1. The van der Waals surface area contributed by atoms with Gasteiger partial charge >= 0.3 is 0 Å². The highest BCUT2D eigenvalue weighted by atomic mass is 32.1. The van der Waals surface area contributed by atoms with E-state index in [1.807, 2.05) is 18.3 Å². The summed E-state index contributed by atoms with van der Waals surface area (Å²) < 4.78 is 0. The lowest BCUT2D eigenvalue weighted by Crippen LogP contribution is -2.28. The van der Waals surface area contributed by atoms with Crippen LogP contribution in [0.15, 0.2) is 11.4 Å². The van der Waals surface area contributed by atoms with Crippen LogP contribution in [-0.4, -0.2) is 4.98 Å². The fraction of sp³-hybridized carbons (Fsp3) is 0.533. The fourth-order valence-electron chi connectivity index (χ4n) is 2.77. The Labute approximate surface area is 128 Å². The van der Waals surface area contributed by atoms with Gasteiger partial charge in [-0.2, -0.15) is 0 Å². The standard InChI is InChI=1S/C15H21N3S2/c1-10-9-19-15(17-10)8-12(18-16)14-7-11-5-3-2-4-6-13(11)20-14/h7,9,12,18H,2-6,8,16H2,1H3. The summed E-state index contributed by atoms with van der Waals surface area (Å²) >= 11 is 3.67. The molecule has 5 heteroatoms. The third-order valence-corrected chi connectivity index (χ3v) is 6.20. The van der Waals surface area contributed by atoms with E-state index >= 15 is 0 Å². The highest BCUT2D eigenvalue weighted by Gasteiger charge is 2.19. The Kier molecular flexibility index (Phi) is 4.51. The number of hydrogen-bond donors (Lipinski definition) is 2. The van der Waals surface area contributed by atoms with Crippen LogP contribution in [0.3, 0.4) is 0 Å². The number of rotatable bonds is 4. The minimum absolute atomic E-state index is 0.192. The van der Waals surface area contributed by atoms with Crippen LogP contribution in [0.2, 0.25) is 0 Å². The fourth-order valence-corrected chi connectivity index (χ4v) is 4.91. The van der Waals surface area contributed by atoms with Gasteiger partial charge in [0.15, 0.2) is 0 Å². The molecule has 0 aromatic carbocycles. The van der Waals surface area contributed by atoms with Crippen molar-refractivity contribution in [1.29, 1.82) is 0 Å². The van der Waals surface area contributed by atoms with Crippen molar-refractivity contribution in [1.82, 2.24) is 10.4 Å². The van der Waals surface area contributed by atoms with Crippen LogP contribution in [0.1, 0.15) is 51.3 Å². The van der Waals surface area contributed by atoms with Gasteiger partial charge in [0.1, 0.15) is 0 Å². The summed E-state index contributed by atoms with van der Waals surface area (Å²) in [5.74, 6) is 5.78. The summed E-state index contributed by atoms with van der Waals surface area (Å²) in [6, 6.07) is 2.56. The van der Waals surface area contributed by atoms with Crippen molar-refractivity contribution in [3.05, 3.63) is 37.5 Å². The molecule has 2 aromatic rings. The second-order valence-electron chi connectivity index (χ2n) is 5.46. The van der Waals surface area contributed by atoms with Gasteiger partial charge in [0, 0.05) is 27.2 Å². The molecule has 3 rings (SSSR count). The molecule has 0 bridgehead atoms. The lowest BCUT2D eigenvalue weighted by molar-refractivity contribution is 0.558. The minimum atomic E-state index is 0.192. The third kappa shape index (κ3) is 3.11. The van der Waals surface area contributed by atoms with Crippen molar-refractivity contribution in [2.45, 2.75) is 51.5 Å². The van der Waals surface area contributed by atoms with Gasteiger partial charge in [-0.25, -0.2) is 4.98 Å². The summed E-state index contributed by atoms with van der Waals surface area (Å²) in [6.07, 6.45) is 7.39. The van der Waals surface area contributed by atoms with Gasteiger partial charge in [-0.15, -0.1) is 22.7 Å². The summed E-state index contributed by atoms with van der Waals surface area (Å²) in [7, 11) is 0. The quantitative estimate of drug-likeness (QED) is 0.516. The van der Waals surface area contributed by atoms with Gasteiger partial charge in [0.05, 0.1) is 11.0 Å². The van der Waals surface area contributed by atoms with Gasteiger partial charge in [-0.05, 0) is 44.2 Å². The van der Waals surface area contributed by atoms with Crippen LogP contribution in [0.4, 0.5) is 0 Å². The monoisotopic (exact) mass is 307 g/mol. The predicted octanol–water partition coefficient (Wildman–Crippen LogP) is 3.53. The van der Waals surface area contributed by atoms with Crippen molar-refractivity contribution < 1.29 is 0 Å². The first-order valence-electron chi connectivity index (χ1n) is 7.25. The molecule has 0 fully saturated rings. The van der Waals surface area contributed by atoms with Crippen LogP contribution < -0.4 is 11.3 Å². The molecule has 20 heavy (non-hydrogen) atoms. The van der Waals surface area contributed by atoms with E-state index in [4.69, 9.17) is 5.84 Å². The smallest absolute Gasteiger partial charge is 0.0947 e. The molecule has 0 radical (unpaired) electrons. The molecule has 1 unspecified atom stereocenters. The highest BCUT2D eigenvalue weighted by molar-refractivity contribution is 7.12. The maximum atomic E-state index is 5.78. The lowest BCUT2D eigenvalue weighted by Gasteiger charge is -2.12. The van der Waals surface area contributed by atoms with Gasteiger partial charge in [0.25, 0.3) is 0 Å². The number of nitrogens with two attached hydrogens (primary N) is 1. The summed E-state index contributed by atoms with van der Waals surface area (Å²) in [5, 5.41) is 3.26. The Hall–Kier alpha value is -0.750. The van der Waals surface area contributed by atoms with Gasteiger partial charge < -0.3 is 0 Å². The molecule has 1 aliphatic carbocycles. The molecule has 0 aliphatic heterocycles. The minimum Gasteiger partial charge on any atom is -0.271 e. The number of aromatic nitrogens is 1. The summed E-state index contributed by atoms with van der Waals surface area (Å²) in [6.45, 7) is 2.04. The highest BCUT2D eigenvalue weighted by Crippen LogP contribution is 2.33. The maximum absolute atomic E-state index is 5.78. The zero-order valence-electron chi connectivity index (χ0n) is 11.8. The van der Waals surface area contributed by atoms with Gasteiger partial charge in [-0.1, -0.05) is 6.42 Å². The Morgan fingerprint density at radius 3 is 2.95 bits per heavy atom. The topological polar surface area (TPSA) is 50.9 Å². The Bertz CT molecular complexity index is 550. The molecule has 108 valence electrons. The number of nitrogens with one attached hydrogen (secondary N) is 1. The molecule has 0 spiro atoms. The molecule has 3 N–H and O–H groups in total. The molecule has 1 aliphatic rings. The number of nitrogens with zero attached hydrogens (tertiary/aromatic N) is 1. The lowest BCUT2D eigenvalue weighted by atomic mass is 10.1. The number of hydrazine groups is 1. The third-order valence-electron chi connectivity index (χ3n) is 3.86. The van der Waals surface area contributed by atoms with E-state index in [-0.39, 0.29) is 6.04 Å². The maximum Gasteiger partial charge on any atom is 0.0947 e. The van der Waals surface area contributed by atoms with Crippen molar-refractivity contribution in [2.24, 2.45) is 5.84 Å². The molecule has 2 aromatic heterocycles. The molecule has 0 amide bonds. The average Bonchev–Trinajstić information content (AvgIpc) is 2.97. The SMILES string of the molecule is Cc1csc(CC(NN)c2cc3c(s2)CCCCC3)n1. The predicted molar refractivity (Wildman–Crippen MR) is 86.2 cm³/mol. The normalized spacial score (nSPS) is 16.7. The zero-order valence-corrected chi connectivity index (χ0v) is 13.4. The Morgan fingerprint density at radius 1 is 1.35 bits per heavy atom.